The minimum atomic E-state index is -0.561. The number of aliphatic hydroxyl groups is 1. The number of carbonyl (C=O) groups is 2. The van der Waals surface area contributed by atoms with Crippen LogP contribution in [0.15, 0.2) is 10.5 Å². The minimum absolute atomic E-state index is 0.00988. The van der Waals surface area contributed by atoms with Gasteiger partial charge in [0.1, 0.15) is 5.78 Å². The summed E-state index contributed by atoms with van der Waals surface area (Å²) in [4.78, 5) is 27.4. The largest absolute Gasteiger partial charge is 0.393 e. The standard InChI is InChI=1S/C18H28N2O3S/c1-8-13-14(16(22)15(13)10(3)21)9(2)17(8)24-11-6-12(19-7-11)18(23)20(4)5/h8,10-15,19,21H,6-7H2,1-5H3/t8-,10-,11+,12+,13+,14?,15-/m1/s1. The van der Waals surface area contributed by atoms with Gasteiger partial charge in [-0.1, -0.05) is 12.5 Å². The first-order valence-corrected chi connectivity index (χ1v) is 9.65. The van der Waals surface area contributed by atoms with Crippen molar-refractivity contribution in [2.24, 2.45) is 23.7 Å². The van der Waals surface area contributed by atoms with Crippen LogP contribution in [-0.2, 0) is 9.59 Å². The van der Waals surface area contributed by atoms with Crippen molar-refractivity contribution in [1.29, 1.82) is 0 Å². The SMILES string of the molecule is CC1=C(S[C@@H]2CN[C@H](C(=O)N(C)C)C2)[C@H](C)[C@H]2C1C(=O)[C@@H]2[C@@H](C)O. The summed E-state index contributed by atoms with van der Waals surface area (Å²) in [6.07, 6.45) is 0.266. The molecular weight excluding hydrogens is 324 g/mol. The summed E-state index contributed by atoms with van der Waals surface area (Å²) in [6, 6.07) is -0.0984. The summed E-state index contributed by atoms with van der Waals surface area (Å²) < 4.78 is 0. The number of fused-ring (bicyclic) bond motifs is 1. The normalized spacial score (nSPS) is 39.7. The minimum Gasteiger partial charge on any atom is -0.393 e. The summed E-state index contributed by atoms with van der Waals surface area (Å²) in [7, 11) is 3.57. The lowest BCUT2D eigenvalue weighted by molar-refractivity contribution is -0.148. The highest BCUT2D eigenvalue weighted by Gasteiger charge is 2.59. The third kappa shape index (κ3) is 2.72. The highest BCUT2D eigenvalue weighted by molar-refractivity contribution is 8.03. The van der Waals surface area contributed by atoms with E-state index in [1.54, 1.807) is 25.9 Å². The molecule has 5 nitrogen and oxygen atoms in total. The van der Waals surface area contributed by atoms with Crippen molar-refractivity contribution >= 4 is 23.5 Å². The Morgan fingerprint density at radius 3 is 2.67 bits per heavy atom. The molecule has 2 fully saturated rings. The van der Waals surface area contributed by atoms with E-state index < -0.39 is 6.10 Å². The van der Waals surface area contributed by atoms with Gasteiger partial charge in [0.2, 0.25) is 5.91 Å². The van der Waals surface area contributed by atoms with Crippen molar-refractivity contribution in [3.63, 3.8) is 0 Å². The number of likely N-dealkylation sites (N-methyl/N-ethyl adjacent to an activating group) is 1. The fourth-order valence-electron chi connectivity index (χ4n) is 4.70. The van der Waals surface area contributed by atoms with Crippen LogP contribution in [0, 0.1) is 23.7 Å². The molecule has 24 heavy (non-hydrogen) atoms. The van der Waals surface area contributed by atoms with Crippen LogP contribution >= 0.6 is 11.8 Å². The first-order valence-electron chi connectivity index (χ1n) is 8.77. The van der Waals surface area contributed by atoms with Crippen molar-refractivity contribution in [1.82, 2.24) is 10.2 Å². The Hall–Kier alpha value is -0.850. The van der Waals surface area contributed by atoms with Gasteiger partial charge in [0, 0.05) is 37.7 Å². The van der Waals surface area contributed by atoms with Gasteiger partial charge in [-0.25, -0.2) is 0 Å². The van der Waals surface area contributed by atoms with Crippen LogP contribution in [0.3, 0.4) is 0 Å². The Kier molecular flexibility index (Phi) is 4.84. The maximum atomic E-state index is 12.4. The molecule has 2 N–H and O–H groups in total. The average molecular weight is 353 g/mol. The first kappa shape index (κ1) is 18.0. The van der Waals surface area contributed by atoms with Crippen LogP contribution in [-0.4, -0.2) is 59.7 Å². The molecule has 0 aromatic heterocycles. The molecular formula is C18H28N2O3S. The predicted molar refractivity (Wildman–Crippen MR) is 95.5 cm³/mol. The number of rotatable bonds is 4. The molecule has 1 amide bonds. The first-order chi connectivity index (χ1) is 11.2. The van der Waals surface area contributed by atoms with Crippen molar-refractivity contribution in [3.05, 3.63) is 10.5 Å². The summed E-state index contributed by atoms with van der Waals surface area (Å²) in [5.74, 6) is 0.723. The maximum absolute atomic E-state index is 12.4. The number of ketones is 1. The lowest BCUT2D eigenvalue weighted by Gasteiger charge is -2.43. The van der Waals surface area contributed by atoms with Crippen LogP contribution in [0.25, 0.3) is 0 Å². The zero-order valence-electron chi connectivity index (χ0n) is 15.1. The molecule has 1 saturated carbocycles. The van der Waals surface area contributed by atoms with Gasteiger partial charge in [-0.3, -0.25) is 9.59 Å². The second-order valence-electron chi connectivity index (χ2n) is 7.73. The van der Waals surface area contributed by atoms with Crippen LogP contribution in [0.5, 0.6) is 0 Å². The molecule has 0 aromatic carbocycles. The molecule has 0 aromatic rings. The number of thioether (sulfide) groups is 1. The smallest absolute Gasteiger partial charge is 0.239 e. The van der Waals surface area contributed by atoms with E-state index >= 15 is 0 Å². The molecule has 0 bridgehead atoms. The van der Waals surface area contributed by atoms with Crippen LogP contribution in [0.4, 0.5) is 0 Å². The third-order valence-electron chi connectivity index (χ3n) is 5.92. The number of Topliss-reactive ketones (excluding diaryl/α,β-unsaturated/α-hetero) is 1. The Bertz CT molecular complexity index is 587. The Morgan fingerprint density at radius 2 is 2.08 bits per heavy atom. The zero-order valence-corrected chi connectivity index (χ0v) is 15.9. The van der Waals surface area contributed by atoms with Crippen LogP contribution < -0.4 is 5.32 Å². The molecule has 3 aliphatic rings. The molecule has 1 heterocycles. The molecule has 0 spiro atoms. The molecule has 1 unspecified atom stereocenters. The van der Waals surface area contributed by atoms with E-state index in [4.69, 9.17) is 0 Å². The van der Waals surface area contributed by atoms with Crippen LogP contribution in [0.2, 0.25) is 0 Å². The summed E-state index contributed by atoms with van der Waals surface area (Å²) >= 11 is 1.84. The van der Waals surface area contributed by atoms with Crippen LogP contribution in [0.1, 0.15) is 27.2 Å². The zero-order chi connectivity index (χ0) is 17.8. The fraction of sp³-hybridized carbons (Fsp3) is 0.778. The van der Waals surface area contributed by atoms with Crippen molar-refractivity contribution in [3.8, 4) is 0 Å². The molecule has 7 atom stereocenters. The van der Waals surface area contributed by atoms with E-state index in [-0.39, 0.29) is 35.5 Å². The van der Waals surface area contributed by atoms with E-state index in [1.165, 1.54) is 10.5 Å². The Morgan fingerprint density at radius 1 is 1.42 bits per heavy atom. The Labute approximate surface area is 148 Å². The van der Waals surface area contributed by atoms with E-state index in [0.29, 0.717) is 11.2 Å². The van der Waals surface area contributed by atoms with E-state index in [2.05, 4.69) is 19.2 Å². The second-order valence-corrected chi connectivity index (χ2v) is 9.07. The molecule has 1 aliphatic heterocycles. The molecule has 3 rings (SSSR count). The van der Waals surface area contributed by atoms with Gasteiger partial charge in [0.05, 0.1) is 12.1 Å². The van der Waals surface area contributed by atoms with Gasteiger partial charge in [-0.05, 0) is 37.0 Å². The second kappa shape index (κ2) is 6.46. The van der Waals surface area contributed by atoms with Gasteiger partial charge in [-0.15, -0.1) is 11.8 Å². The number of hydrogen-bond acceptors (Lipinski definition) is 5. The molecule has 2 aliphatic carbocycles. The van der Waals surface area contributed by atoms with Gasteiger partial charge >= 0.3 is 0 Å². The number of aliphatic hydroxyl groups excluding tert-OH is 1. The highest BCUT2D eigenvalue weighted by Crippen LogP contribution is 2.58. The molecule has 0 radical (unpaired) electrons. The fourth-order valence-corrected chi connectivity index (χ4v) is 6.21. The summed E-state index contributed by atoms with van der Waals surface area (Å²) in [5.41, 5.74) is 1.20. The summed E-state index contributed by atoms with van der Waals surface area (Å²) in [6.45, 7) is 6.81. The third-order valence-corrected chi connectivity index (χ3v) is 7.56. The number of nitrogens with zero attached hydrogens (tertiary/aromatic N) is 1. The van der Waals surface area contributed by atoms with Gasteiger partial charge < -0.3 is 15.3 Å². The maximum Gasteiger partial charge on any atom is 0.239 e. The van der Waals surface area contributed by atoms with Crippen molar-refractivity contribution in [2.45, 2.75) is 44.6 Å². The number of nitrogens with one attached hydrogen (secondary N) is 1. The quantitative estimate of drug-likeness (QED) is 0.797. The van der Waals surface area contributed by atoms with Gasteiger partial charge in [0.15, 0.2) is 0 Å². The summed E-state index contributed by atoms with van der Waals surface area (Å²) in [5, 5.41) is 13.6. The van der Waals surface area contributed by atoms with Gasteiger partial charge in [-0.2, -0.15) is 0 Å². The number of amides is 1. The van der Waals surface area contributed by atoms with Crippen molar-refractivity contribution in [2.75, 3.05) is 20.6 Å². The highest BCUT2D eigenvalue weighted by atomic mass is 32.2. The molecule has 1 saturated heterocycles. The van der Waals surface area contributed by atoms with Crippen molar-refractivity contribution < 1.29 is 14.7 Å². The lowest BCUT2D eigenvalue weighted by Crippen LogP contribution is -2.52. The van der Waals surface area contributed by atoms with Gasteiger partial charge in [0.25, 0.3) is 0 Å². The average Bonchev–Trinajstić information content (AvgIpc) is 3.03. The molecule has 6 heteroatoms. The molecule has 134 valence electrons. The number of carbonyl (C=O) groups excluding carboxylic acids is 2. The Balaban J connectivity index is 1.67. The number of hydrogen-bond donors (Lipinski definition) is 2. The predicted octanol–water partition coefficient (Wildman–Crippen LogP) is 1.27. The monoisotopic (exact) mass is 352 g/mol. The number of allylic oxidation sites excluding steroid dienone is 2. The van der Waals surface area contributed by atoms with E-state index in [1.807, 2.05) is 11.8 Å². The van der Waals surface area contributed by atoms with E-state index in [0.717, 1.165) is 13.0 Å². The lowest BCUT2D eigenvalue weighted by atomic mass is 9.59. The van der Waals surface area contributed by atoms with E-state index in [9.17, 15) is 14.7 Å². The topological polar surface area (TPSA) is 69.6 Å².